The fraction of sp³-hybridized carbons (Fsp3) is 0.500. The minimum Gasteiger partial charge on any atom is -0.465 e. The Labute approximate surface area is 127 Å². The summed E-state index contributed by atoms with van der Waals surface area (Å²) < 4.78 is 34.8. The SMILES string of the molecule is COC(=O)c1sccc1S(=O)(=O)N(C)C(=O)OC(C)(C)C. The molecule has 0 aliphatic carbocycles. The third-order valence-corrected chi connectivity index (χ3v) is 5.08. The Morgan fingerprint density at radius 3 is 2.33 bits per heavy atom. The van der Waals surface area contributed by atoms with Gasteiger partial charge in [-0.05, 0) is 32.2 Å². The van der Waals surface area contributed by atoms with Gasteiger partial charge in [0.1, 0.15) is 15.4 Å². The number of sulfonamides is 1. The van der Waals surface area contributed by atoms with Crippen molar-refractivity contribution in [1.82, 2.24) is 4.31 Å². The van der Waals surface area contributed by atoms with E-state index in [1.54, 1.807) is 20.8 Å². The van der Waals surface area contributed by atoms with Gasteiger partial charge in [-0.15, -0.1) is 11.3 Å². The van der Waals surface area contributed by atoms with Crippen molar-refractivity contribution in [2.75, 3.05) is 14.2 Å². The summed E-state index contributed by atoms with van der Waals surface area (Å²) in [5.74, 6) is -0.777. The second kappa shape index (κ2) is 6.02. The molecular weight excluding hydrogens is 318 g/mol. The van der Waals surface area contributed by atoms with Gasteiger partial charge in [0, 0.05) is 7.05 Å². The zero-order chi connectivity index (χ0) is 16.4. The van der Waals surface area contributed by atoms with Crippen LogP contribution in [0, 0.1) is 0 Å². The molecule has 0 bridgehead atoms. The van der Waals surface area contributed by atoms with Crippen LogP contribution in [0.3, 0.4) is 0 Å². The number of methoxy groups -OCH3 is 1. The van der Waals surface area contributed by atoms with Crippen LogP contribution in [-0.4, -0.2) is 44.5 Å². The Kier molecular flexibility index (Phi) is 5.00. The highest BCUT2D eigenvalue weighted by molar-refractivity contribution is 7.89. The summed E-state index contributed by atoms with van der Waals surface area (Å²) in [4.78, 5) is 23.0. The smallest absolute Gasteiger partial charge is 0.424 e. The number of amides is 1. The summed E-state index contributed by atoms with van der Waals surface area (Å²) in [6.07, 6.45) is -1.02. The van der Waals surface area contributed by atoms with Gasteiger partial charge in [0.15, 0.2) is 0 Å². The Morgan fingerprint density at radius 1 is 1.29 bits per heavy atom. The minimum atomic E-state index is -4.18. The summed E-state index contributed by atoms with van der Waals surface area (Å²) in [5.41, 5.74) is -0.833. The van der Waals surface area contributed by atoms with E-state index in [0.29, 0.717) is 4.31 Å². The molecule has 9 heteroatoms. The lowest BCUT2D eigenvalue weighted by Crippen LogP contribution is -2.38. The number of carbonyl (C=O) groups is 2. The van der Waals surface area contributed by atoms with Crippen LogP contribution in [0.2, 0.25) is 0 Å². The van der Waals surface area contributed by atoms with Crippen LogP contribution >= 0.6 is 11.3 Å². The van der Waals surface area contributed by atoms with E-state index < -0.39 is 27.7 Å². The summed E-state index contributed by atoms with van der Waals surface area (Å²) >= 11 is 0.919. The number of esters is 1. The van der Waals surface area contributed by atoms with Crippen LogP contribution in [0.5, 0.6) is 0 Å². The average molecular weight is 335 g/mol. The monoisotopic (exact) mass is 335 g/mol. The van der Waals surface area contributed by atoms with E-state index in [4.69, 9.17) is 4.74 Å². The van der Waals surface area contributed by atoms with E-state index in [2.05, 4.69) is 4.74 Å². The number of hydrogen-bond donors (Lipinski definition) is 0. The number of carbonyl (C=O) groups excluding carboxylic acids is 2. The largest absolute Gasteiger partial charge is 0.465 e. The lowest BCUT2D eigenvalue weighted by molar-refractivity contribution is 0.0418. The Hall–Kier alpha value is -1.61. The van der Waals surface area contributed by atoms with Crippen LogP contribution in [-0.2, 0) is 19.5 Å². The van der Waals surface area contributed by atoms with Gasteiger partial charge in [-0.2, -0.15) is 0 Å². The van der Waals surface area contributed by atoms with Gasteiger partial charge >= 0.3 is 12.1 Å². The second-order valence-electron chi connectivity index (χ2n) is 5.06. The second-order valence-corrected chi connectivity index (χ2v) is 7.91. The number of thiophene rings is 1. The fourth-order valence-corrected chi connectivity index (χ4v) is 3.65. The molecule has 21 heavy (non-hydrogen) atoms. The molecule has 1 amide bonds. The normalized spacial score (nSPS) is 11.9. The highest BCUT2D eigenvalue weighted by Gasteiger charge is 2.33. The molecule has 0 saturated carbocycles. The van der Waals surface area contributed by atoms with Gasteiger partial charge in [0.2, 0.25) is 0 Å². The lowest BCUT2D eigenvalue weighted by Gasteiger charge is -2.24. The van der Waals surface area contributed by atoms with Crippen LogP contribution in [0.15, 0.2) is 16.3 Å². The number of rotatable bonds is 3. The molecule has 118 valence electrons. The first-order valence-electron chi connectivity index (χ1n) is 5.88. The van der Waals surface area contributed by atoms with Crippen molar-refractivity contribution in [2.45, 2.75) is 31.3 Å². The molecule has 1 aromatic rings. The van der Waals surface area contributed by atoms with Gasteiger partial charge in [0.05, 0.1) is 7.11 Å². The summed E-state index contributed by atoms with van der Waals surface area (Å²) in [6, 6.07) is 1.24. The molecular formula is C12H17NO6S2. The van der Waals surface area contributed by atoms with E-state index in [-0.39, 0.29) is 9.77 Å². The maximum Gasteiger partial charge on any atom is 0.424 e. The fourth-order valence-electron chi connectivity index (χ4n) is 1.31. The Morgan fingerprint density at radius 2 is 1.86 bits per heavy atom. The van der Waals surface area contributed by atoms with Crippen molar-refractivity contribution in [3.8, 4) is 0 Å². The number of nitrogens with zero attached hydrogens (tertiary/aromatic N) is 1. The van der Waals surface area contributed by atoms with Gasteiger partial charge < -0.3 is 9.47 Å². The van der Waals surface area contributed by atoms with E-state index in [1.165, 1.54) is 11.4 Å². The standard InChI is InChI=1S/C12H17NO6S2/c1-12(2,3)19-11(15)13(4)21(16,17)8-6-7-20-9(8)10(14)18-5/h6-7H,1-5H3. The van der Waals surface area contributed by atoms with Crippen LogP contribution in [0.25, 0.3) is 0 Å². The molecule has 0 aliphatic heterocycles. The van der Waals surface area contributed by atoms with Crippen molar-refractivity contribution in [3.05, 3.63) is 16.3 Å². The zero-order valence-electron chi connectivity index (χ0n) is 12.4. The molecule has 0 saturated heterocycles. The van der Waals surface area contributed by atoms with Crippen molar-refractivity contribution in [2.24, 2.45) is 0 Å². The molecule has 0 unspecified atom stereocenters. The van der Waals surface area contributed by atoms with Crippen LogP contribution in [0.1, 0.15) is 30.4 Å². The number of ether oxygens (including phenoxy) is 2. The first kappa shape index (κ1) is 17.4. The summed E-state index contributed by atoms with van der Waals surface area (Å²) in [5, 5.41) is 1.43. The Bertz CT molecular complexity index is 641. The highest BCUT2D eigenvalue weighted by Crippen LogP contribution is 2.26. The van der Waals surface area contributed by atoms with E-state index in [0.717, 1.165) is 25.5 Å². The van der Waals surface area contributed by atoms with Crippen molar-refractivity contribution in [1.29, 1.82) is 0 Å². The average Bonchev–Trinajstić information content (AvgIpc) is 2.84. The first-order chi connectivity index (χ1) is 9.50. The first-order valence-corrected chi connectivity index (χ1v) is 8.20. The van der Waals surface area contributed by atoms with E-state index in [1.807, 2.05) is 0 Å². The zero-order valence-corrected chi connectivity index (χ0v) is 14.0. The summed E-state index contributed by atoms with van der Waals surface area (Å²) in [6.45, 7) is 4.86. The Balaban J connectivity index is 3.15. The third-order valence-electron chi connectivity index (χ3n) is 2.29. The van der Waals surface area contributed by atoms with Crippen LogP contribution < -0.4 is 0 Å². The maximum absolute atomic E-state index is 12.4. The molecule has 0 radical (unpaired) electrons. The molecule has 1 heterocycles. The minimum absolute atomic E-state index is 0.0899. The van der Waals surface area contributed by atoms with Crippen molar-refractivity contribution >= 4 is 33.4 Å². The predicted octanol–water partition coefficient (Wildman–Crippen LogP) is 2.09. The molecule has 1 rings (SSSR count). The molecule has 0 atom stereocenters. The molecule has 0 N–H and O–H groups in total. The highest BCUT2D eigenvalue weighted by atomic mass is 32.2. The molecule has 0 fully saturated rings. The maximum atomic E-state index is 12.4. The molecule has 0 spiro atoms. The summed E-state index contributed by atoms with van der Waals surface area (Å²) in [7, 11) is -1.96. The van der Waals surface area contributed by atoms with E-state index >= 15 is 0 Å². The lowest BCUT2D eigenvalue weighted by atomic mass is 10.2. The third kappa shape index (κ3) is 3.94. The molecule has 0 aliphatic rings. The topological polar surface area (TPSA) is 90.0 Å². The molecule has 7 nitrogen and oxygen atoms in total. The van der Waals surface area contributed by atoms with Crippen molar-refractivity contribution < 1.29 is 27.5 Å². The number of hydrogen-bond acceptors (Lipinski definition) is 7. The molecule has 0 aromatic carbocycles. The van der Waals surface area contributed by atoms with Crippen molar-refractivity contribution in [3.63, 3.8) is 0 Å². The van der Waals surface area contributed by atoms with Gasteiger partial charge in [-0.3, -0.25) is 0 Å². The quantitative estimate of drug-likeness (QED) is 0.786. The van der Waals surface area contributed by atoms with Gasteiger partial charge in [-0.25, -0.2) is 22.3 Å². The molecule has 1 aromatic heterocycles. The van der Waals surface area contributed by atoms with Crippen LogP contribution in [0.4, 0.5) is 4.79 Å². The van der Waals surface area contributed by atoms with Gasteiger partial charge in [0.25, 0.3) is 10.0 Å². The predicted molar refractivity (Wildman–Crippen MR) is 76.8 cm³/mol. The van der Waals surface area contributed by atoms with Gasteiger partial charge in [-0.1, -0.05) is 0 Å². The van der Waals surface area contributed by atoms with E-state index in [9.17, 15) is 18.0 Å².